The standard InChI is InChI=1S/C14H23N5O5/c1-9-8-11(22)18-13(17-9)19-14(24)16-6-3-2-5-15-12(23)10(21)4-7-20/h8,10,20-21H,2-7H2,1H3,(H,15,23)(H3,16,17,18,19,22,24). The number of nitrogens with zero attached hydrogens (tertiary/aromatic N) is 1. The molecule has 0 aromatic carbocycles. The average molecular weight is 341 g/mol. The second-order valence-corrected chi connectivity index (χ2v) is 5.16. The molecule has 10 heteroatoms. The minimum absolute atomic E-state index is 0.00263. The van der Waals surface area contributed by atoms with Crippen molar-refractivity contribution in [3.63, 3.8) is 0 Å². The fraction of sp³-hybridized carbons (Fsp3) is 0.571. The highest BCUT2D eigenvalue weighted by molar-refractivity contribution is 5.87. The second-order valence-electron chi connectivity index (χ2n) is 5.16. The Bertz CT molecular complexity index is 603. The van der Waals surface area contributed by atoms with E-state index < -0.39 is 23.6 Å². The summed E-state index contributed by atoms with van der Waals surface area (Å²) >= 11 is 0. The Balaban J connectivity index is 2.15. The van der Waals surface area contributed by atoms with Crippen LogP contribution in [0.2, 0.25) is 0 Å². The lowest BCUT2D eigenvalue weighted by molar-refractivity contribution is -0.130. The third-order valence-corrected chi connectivity index (χ3v) is 3.00. The van der Waals surface area contributed by atoms with Crippen molar-refractivity contribution in [3.05, 3.63) is 22.1 Å². The molecule has 0 radical (unpaired) electrons. The molecular weight excluding hydrogens is 318 g/mol. The normalized spacial score (nSPS) is 11.6. The SMILES string of the molecule is Cc1cc(=O)nc(NC(=O)NCCCCNC(=O)C(O)CCO)[nH]1. The Morgan fingerprint density at radius 3 is 2.58 bits per heavy atom. The lowest BCUT2D eigenvalue weighted by atomic mass is 10.2. The summed E-state index contributed by atoms with van der Waals surface area (Å²) in [7, 11) is 0. The number of nitrogens with one attached hydrogen (secondary N) is 4. The number of H-pyrrole nitrogens is 1. The maximum Gasteiger partial charge on any atom is 0.321 e. The number of carbonyl (C=O) groups excluding carboxylic acids is 2. The minimum Gasteiger partial charge on any atom is -0.396 e. The quantitative estimate of drug-likeness (QED) is 0.311. The first-order valence-corrected chi connectivity index (χ1v) is 7.62. The summed E-state index contributed by atoms with van der Waals surface area (Å²) in [5, 5.41) is 25.5. The van der Waals surface area contributed by atoms with Gasteiger partial charge < -0.3 is 25.8 Å². The first kappa shape index (κ1) is 19.6. The number of anilines is 1. The summed E-state index contributed by atoms with van der Waals surface area (Å²) < 4.78 is 0. The fourth-order valence-corrected chi connectivity index (χ4v) is 1.82. The number of urea groups is 1. The zero-order valence-corrected chi connectivity index (χ0v) is 13.5. The summed E-state index contributed by atoms with van der Waals surface area (Å²) in [6.07, 6.45) is 0.0182. The molecule has 1 heterocycles. The van der Waals surface area contributed by atoms with Crippen molar-refractivity contribution in [1.29, 1.82) is 0 Å². The molecule has 1 atom stereocenters. The molecule has 1 aromatic heterocycles. The number of carbonyl (C=O) groups is 2. The molecule has 6 N–H and O–H groups in total. The zero-order chi connectivity index (χ0) is 17.9. The summed E-state index contributed by atoms with van der Waals surface area (Å²) in [6, 6.07) is 0.820. The predicted molar refractivity (Wildman–Crippen MR) is 86.6 cm³/mol. The summed E-state index contributed by atoms with van der Waals surface area (Å²) in [5.74, 6) is -0.452. The highest BCUT2D eigenvalue weighted by Crippen LogP contribution is 1.95. The lowest BCUT2D eigenvalue weighted by Gasteiger charge is -2.10. The molecule has 134 valence electrons. The van der Waals surface area contributed by atoms with Gasteiger partial charge >= 0.3 is 6.03 Å². The van der Waals surface area contributed by atoms with Gasteiger partial charge in [0.2, 0.25) is 11.9 Å². The van der Waals surface area contributed by atoms with Crippen LogP contribution < -0.4 is 21.5 Å². The Labute approximate surface area is 138 Å². The Morgan fingerprint density at radius 2 is 1.96 bits per heavy atom. The van der Waals surface area contributed by atoms with E-state index >= 15 is 0 Å². The Morgan fingerprint density at radius 1 is 1.29 bits per heavy atom. The van der Waals surface area contributed by atoms with Crippen LogP contribution in [0.15, 0.2) is 10.9 Å². The van der Waals surface area contributed by atoms with Crippen LogP contribution in [0.25, 0.3) is 0 Å². The van der Waals surface area contributed by atoms with Crippen molar-refractivity contribution in [2.24, 2.45) is 0 Å². The number of amides is 3. The number of unbranched alkanes of at least 4 members (excludes halogenated alkanes) is 1. The van der Waals surface area contributed by atoms with E-state index in [-0.39, 0.29) is 19.0 Å². The highest BCUT2D eigenvalue weighted by atomic mass is 16.3. The number of hydrogen-bond acceptors (Lipinski definition) is 6. The van der Waals surface area contributed by atoms with Gasteiger partial charge in [-0.3, -0.25) is 14.9 Å². The van der Waals surface area contributed by atoms with Gasteiger partial charge in [-0.15, -0.1) is 0 Å². The molecule has 0 bridgehead atoms. The first-order valence-electron chi connectivity index (χ1n) is 7.62. The van der Waals surface area contributed by atoms with Crippen LogP contribution in [0.4, 0.5) is 10.7 Å². The van der Waals surface area contributed by atoms with Gasteiger partial charge in [0.05, 0.1) is 0 Å². The van der Waals surface area contributed by atoms with Crippen LogP contribution in [0.1, 0.15) is 25.0 Å². The third-order valence-electron chi connectivity index (χ3n) is 3.00. The maximum absolute atomic E-state index is 11.6. The van der Waals surface area contributed by atoms with Crippen LogP contribution in [0.5, 0.6) is 0 Å². The van der Waals surface area contributed by atoms with E-state index in [0.29, 0.717) is 31.6 Å². The topological polar surface area (TPSA) is 156 Å². The predicted octanol–water partition coefficient (Wildman–Crippen LogP) is -1.16. The number of aromatic nitrogens is 2. The summed E-state index contributed by atoms with van der Waals surface area (Å²) in [6.45, 7) is 2.15. The van der Waals surface area contributed by atoms with Crippen molar-refractivity contribution in [3.8, 4) is 0 Å². The molecule has 24 heavy (non-hydrogen) atoms. The van der Waals surface area contributed by atoms with Gasteiger partial charge in [0.15, 0.2) is 0 Å². The molecule has 1 rings (SSSR count). The molecule has 0 aliphatic heterocycles. The van der Waals surface area contributed by atoms with Crippen molar-refractivity contribution in [2.75, 3.05) is 25.0 Å². The molecule has 0 aliphatic rings. The van der Waals surface area contributed by atoms with E-state index in [0.717, 1.165) is 0 Å². The van der Waals surface area contributed by atoms with Gasteiger partial charge in [0, 0.05) is 37.9 Å². The van der Waals surface area contributed by atoms with Crippen molar-refractivity contribution >= 4 is 17.9 Å². The number of aromatic amines is 1. The van der Waals surface area contributed by atoms with E-state index in [1.807, 2.05) is 0 Å². The molecule has 0 fully saturated rings. The molecular formula is C14H23N5O5. The number of aliphatic hydroxyl groups is 2. The fourth-order valence-electron chi connectivity index (χ4n) is 1.82. The van der Waals surface area contributed by atoms with Crippen molar-refractivity contribution in [2.45, 2.75) is 32.3 Å². The van der Waals surface area contributed by atoms with Gasteiger partial charge in [-0.1, -0.05) is 0 Å². The maximum atomic E-state index is 11.6. The van der Waals surface area contributed by atoms with Crippen LogP contribution in [0, 0.1) is 6.92 Å². The first-order chi connectivity index (χ1) is 11.4. The molecule has 3 amide bonds. The molecule has 10 nitrogen and oxygen atoms in total. The monoisotopic (exact) mass is 341 g/mol. The van der Waals surface area contributed by atoms with Gasteiger partial charge in [-0.2, -0.15) is 4.98 Å². The smallest absolute Gasteiger partial charge is 0.321 e. The molecule has 0 saturated carbocycles. The number of aliphatic hydroxyl groups excluding tert-OH is 2. The second kappa shape index (κ2) is 10.3. The zero-order valence-electron chi connectivity index (χ0n) is 13.5. The minimum atomic E-state index is -1.21. The van der Waals surface area contributed by atoms with Crippen LogP contribution >= 0.6 is 0 Å². The molecule has 1 aromatic rings. The van der Waals surface area contributed by atoms with Gasteiger partial charge in [0.25, 0.3) is 5.56 Å². The largest absolute Gasteiger partial charge is 0.396 e. The summed E-state index contributed by atoms with van der Waals surface area (Å²) in [4.78, 5) is 40.5. The van der Waals surface area contributed by atoms with Gasteiger partial charge in [-0.25, -0.2) is 4.79 Å². The average Bonchev–Trinajstić information content (AvgIpc) is 2.49. The van der Waals surface area contributed by atoms with E-state index in [9.17, 15) is 19.5 Å². The van der Waals surface area contributed by atoms with Crippen LogP contribution in [0.3, 0.4) is 0 Å². The number of hydrogen-bond donors (Lipinski definition) is 6. The molecule has 0 aliphatic carbocycles. The summed E-state index contributed by atoms with van der Waals surface area (Å²) in [5.41, 5.74) is 0.144. The molecule has 1 unspecified atom stereocenters. The van der Waals surface area contributed by atoms with Crippen molar-refractivity contribution < 1.29 is 19.8 Å². The Kier molecular flexibility index (Phi) is 8.44. The lowest BCUT2D eigenvalue weighted by Crippen LogP contribution is -2.36. The molecule has 0 spiro atoms. The van der Waals surface area contributed by atoms with Gasteiger partial charge in [-0.05, 0) is 19.8 Å². The van der Waals surface area contributed by atoms with E-state index in [2.05, 4.69) is 25.9 Å². The van der Waals surface area contributed by atoms with Gasteiger partial charge in [0.1, 0.15) is 6.10 Å². The van der Waals surface area contributed by atoms with E-state index in [4.69, 9.17) is 5.11 Å². The van der Waals surface area contributed by atoms with Crippen LogP contribution in [-0.2, 0) is 4.79 Å². The Hall–Kier alpha value is -2.46. The number of rotatable bonds is 9. The van der Waals surface area contributed by atoms with Crippen molar-refractivity contribution in [1.82, 2.24) is 20.6 Å². The molecule has 0 saturated heterocycles. The van der Waals surface area contributed by atoms with E-state index in [1.165, 1.54) is 6.07 Å². The van der Waals surface area contributed by atoms with Crippen LogP contribution in [-0.4, -0.2) is 57.9 Å². The van der Waals surface area contributed by atoms with E-state index in [1.54, 1.807) is 6.92 Å². The third kappa shape index (κ3) is 7.70. The number of aryl methyl sites for hydroxylation is 1. The highest BCUT2D eigenvalue weighted by Gasteiger charge is 2.12.